The third-order valence-electron chi connectivity index (χ3n) is 6.04. The van der Waals surface area contributed by atoms with Gasteiger partial charge in [-0.05, 0) is 47.4 Å². The highest BCUT2D eigenvalue weighted by molar-refractivity contribution is 5.81. The molecule has 0 heterocycles. The lowest BCUT2D eigenvalue weighted by molar-refractivity contribution is -0.141. The fourth-order valence-corrected chi connectivity index (χ4v) is 4.65. The van der Waals surface area contributed by atoms with Gasteiger partial charge in [-0.1, -0.05) is 55.0 Å². The molecule has 0 saturated heterocycles. The third kappa shape index (κ3) is 3.98. The number of carbonyl (C=O) groups excluding carboxylic acids is 1. The summed E-state index contributed by atoms with van der Waals surface area (Å²) < 4.78 is 5.46. The van der Waals surface area contributed by atoms with Crippen LogP contribution < -0.4 is 5.32 Å². The largest absolute Gasteiger partial charge is 0.480 e. The van der Waals surface area contributed by atoms with E-state index in [4.69, 9.17) is 4.74 Å². The number of alkyl carbamates (subject to hydrolysis) is 1. The van der Waals surface area contributed by atoms with Crippen LogP contribution in [0.2, 0.25) is 0 Å². The summed E-state index contributed by atoms with van der Waals surface area (Å²) in [5.41, 5.74) is 4.48. The molecule has 0 radical (unpaired) electrons. The Bertz CT molecular complexity index is 866. The van der Waals surface area contributed by atoms with Crippen molar-refractivity contribution in [3.63, 3.8) is 0 Å². The number of ether oxygens (including phenoxy) is 1. The SMILES string of the molecule is O=C(N[C@H](C(=O)O)[C@H]1CCC[C@H](O)C1)OCC1c2ccccc2-c2ccccc21. The number of carboxylic acid groups (broad SMARTS) is 1. The van der Waals surface area contributed by atoms with Gasteiger partial charge < -0.3 is 20.3 Å². The predicted molar refractivity (Wildman–Crippen MR) is 108 cm³/mol. The number of benzene rings is 2. The van der Waals surface area contributed by atoms with Crippen LogP contribution in [0.15, 0.2) is 48.5 Å². The minimum absolute atomic E-state index is 0.0760. The predicted octanol–water partition coefficient (Wildman–Crippen LogP) is 3.53. The van der Waals surface area contributed by atoms with Crippen LogP contribution in [0.3, 0.4) is 0 Å². The Morgan fingerprint density at radius 2 is 1.66 bits per heavy atom. The number of aliphatic hydroxyl groups is 1. The second kappa shape index (κ2) is 8.25. The Hall–Kier alpha value is -2.86. The van der Waals surface area contributed by atoms with Crippen molar-refractivity contribution in [2.45, 2.75) is 43.7 Å². The van der Waals surface area contributed by atoms with Crippen molar-refractivity contribution in [3.05, 3.63) is 59.7 Å². The average molecular weight is 395 g/mol. The smallest absolute Gasteiger partial charge is 0.407 e. The molecule has 0 unspecified atom stereocenters. The summed E-state index contributed by atoms with van der Waals surface area (Å²) in [4.78, 5) is 24.1. The molecule has 6 heteroatoms. The molecule has 3 N–H and O–H groups in total. The van der Waals surface area contributed by atoms with Gasteiger partial charge in [0.2, 0.25) is 0 Å². The van der Waals surface area contributed by atoms with E-state index in [1.54, 1.807) is 0 Å². The van der Waals surface area contributed by atoms with Crippen molar-refractivity contribution in [1.82, 2.24) is 5.32 Å². The number of nitrogens with one attached hydrogen (secondary N) is 1. The van der Waals surface area contributed by atoms with Crippen LogP contribution in [0.1, 0.15) is 42.7 Å². The van der Waals surface area contributed by atoms with Gasteiger partial charge in [0.15, 0.2) is 0 Å². The van der Waals surface area contributed by atoms with E-state index in [-0.39, 0.29) is 18.4 Å². The summed E-state index contributed by atoms with van der Waals surface area (Å²) in [5.74, 6) is -1.47. The van der Waals surface area contributed by atoms with Gasteiger partial charge in [-0.15, -0.1) is 0 Å². The second-order valence-electron chi connectivity index (χ2n) is 7.87. The molecule has 6 nitrogen and oxygen atoms in total. The monoisotopic (exact) mass is 395 g/mol. The highest BCUT2D eigenvalue weighted by Gasteiger charge is 2.34. The third-order valence-corrected chi connectivity index (χ3v) is 6.04. The Balaban J connectivity index is 1.43. The second-order valence-corrected chi connectivity index (χ2v) is 7.87. The first-order chi connectivity index (χ1) is 14.0. The number of carboxylic acids is 1. The lowest BCUT2D eigenvalue weighted by atomic mass is 9.82. The van der Waals surface area contributed by atoms with E-state index in [1.165, 1.54) is 0 Å². The van der Waals surface area contributed by atoms with E-state index < -0.39 is 24.2 Å². The van der Waals surface area contributed by atoms with Crippen LogP contribution in [0.4, 0.5) is 4.79 Å². The molecule has 1 fully saturated rings. The number of amides is 1. The van der Waals surface area contributed by atoms with Crippen LogP contribution in [0.5, 0.6) is 0 Å². The lowest BCUT2D eigenvalue weighted by Gasteiger charge is -2.30. The number of rotatable bonds is 5. The lowest BCUT2D eigenvalue weighted by Crippen LogP contribution is -2.48. The first kappa shape index (κ1) is 19.5. The molecule has 0 aromatic heterocycles. The van der Waals surface area contributed by atoms with E-state index in [0.29, 0.717) is 19.3 Å². The number of aliphatic hydroxyl groups excluding tert-OH is 1. The first-order valence-corrected chi connectivity index (χ1v) is 10.1. The van der Waals surface area contributed by atoms with Crippen molar-refractivity contribution in [2.24, 2.45) is 5.92 Å². The van der Waals surface area contributed by atoms with Crippen molar-refractivity contribution in [2.75, 3.05) is 6.61 Å². The van der Waals surface area contributed by atoms with Crippen molar-refractivity contribution in [1.29, 1.82) is 0 Å². The van der Waals surface area contributed by atoms with Gasteiger partial charge in [0, 0.05) is 5.92 Å². The van der Waals surface area contributed by atoms with Gasteiger partial charge in [0.25, 0.3) is 0 Å². The molecule has 1 saturated carbocycles. The molecule has 152 valence electrons. The molecule has 29 heavy (non-hydrogen) atoms. The van der Waals surface area contributed by atoms with E-state index in [2.05, 4.69) is 17.4 Å². The quantitative estimate of drug-likeness (QED) is 0.720. The normalized spacial score (nSPS) is 21.7. The number of hydrogen-bond acceptors (Lipinski definition) is 4. The fourth-order valence-electron chi connectivity index (χ4n) is 4.65. The summed E-state index contributed by atoms with van der Waals surface area (Å²) >= 11 is 0. The zero-order valence-corrected chi connectivity index (χ0v) is 16.1. The van der Waals surface area contributed by atoms with Gasteiger partial charge in [-0.2, -0.15) is 0 Å². The minimum Gasteiger partial charge on any atom is -0.480 e. The van der Waals surface area contributed by atoms with Gasteiger partial charge in [-0.3, -0.25) is 0 Å². The van der Waals surface area contributed by atoms with Gasteiger partial charge in [0.1, 0.15) is 12.6 Å². The van der Waals surface area contributed by atoms with Crippen molar-refractivity contribution >= 4 is 12.1 Å². The number of aliphatic carboxylic acids is 1. The molecule has 3 atom stereocenters. The highest BCUT2D eigenvalue weighted by atomic mass is 16.5. The van der Waals surface area contributed by atoms with Crippen LogP contribution in [0.25, 0.3) is 11.1 Å². The summed E-state index contributed by atoms with van der Waals surface area (Å²) in [5, 5.41) is 21.9. The molecular weight excluding hydrogens is 370 g/mol. The molecule has 0 aliphatic heterocycles. The summed E-state index contributed by atoms with van der Waals surface area (Å²) in [6.07, 6.45) is 1.22. The standard InChI is InChI=1S/C23H25NO5/c25-15-7-5-6-14(12-15)21(22(26)27)24-23(28)29-13-20-18-10-3-1-8-16(18)17-9-2-4-11-19(17)20/h1-4,8-11,14-15,20-21,25H,5-7,12-13H2,(H,24,28)(H,26,27)/t14-,15-,21-/m0/s1. The van der Waals surface area contributed by atoms with E-state index >= 15 is 0 Å². The van der Waals surface area contributed by atoms with Crippen molar-refractivity contribution in [3.8, 4) is 11.1 Å². The molecule has 2 aromatic rings. The zero-order chi connectivity index (χ0) is 20.4. The van der Waals surface area contributed by atoms with Crippen molar-refractivity contribution < 1.29 is 24.5 Å². The maximum absolute atomic E-state index is 12.4. The van der Waals surface area contributed by atoms with Crippen LogP contribution in [0, 0.1) is 5.92 Å². The van der Waals surface area contributed by atoms with Gasteiger partial charge in [0.05, 0.1) is 6.10 Å². The van der Waals surface area contributed by atoms with Crippen LogP contribution in [-0.2, 0) is 9.53 Å². The van der Waals surface area contributed by atoms with E-state index in [9.17, 15) is 19.8 Å². The average Bonchev–Trinajstić information content (AvgIpc) is 3.04. The molecule has 2 aliphatic carbocycles. The number of hydrogen-bond donors (Lipinski definition) is 3. The zero-order valence-electron chi connectivity index (χ0n) is 16.1. The minimum atomic E-state index is -1.10. The first-order valence-electron chi connectivity index (χ1n) is 10.1. The van der Waals surface area contributed by atoms with E-state index in [1.807, 2.05) is 36.4 Å². The Morgan fingerprint density at radius 3 is 2.24 bits per heavy atom. The maximum atomic E-state index is 12.4. The maximum Gasteiger partial charge on any atom is 0.407 e. The van der Waals surface area contributed by atoms with E-state index in [0.717, 1.165) is 28.7 Å². The summed E-state index contributed by atoms with van der Waals surface area (Å²) in [7, 11) is 0. The Morgan fingerprint density at radius 1 is 1.03 bits per heavy atom. The molecule has 0 bridgehead atoms. The molecular formula is C23H25NO5. The Kier molecular flexibility index (Phi) is 5.53. The molecule has 1 amide bonds. The van der Waals surface area contributed by atoms with Crippen LogP contribution in [-0.4, -0.2) is 41.0 Å². The number of carbonyl (C=O) groups is 2. The van der Waals surface area contributed by atoms with Crippen LogP contribution >= 0.6 is 0 Å². The molecule has 0 spiro atoms. The summed E-state index contributed by atoms with van der Waals surface area (Å²) in [6.45, 7) is 0.138. The molecule has 2 aromatic carbocycles. The topological polar surface area (TPSA) is 95.9 Å². The number of fused-ring (bicyclic) bond motifs is 3. The fraction of sp³-hybridized carbons (Fsp3) is 0.391. The summed E-state index contributed by atoms with van der Waals surface area (Å²) in [6, 6.07) is 15.0. The molecule has 2 aliphatic rings. The highest BCUT2D eigenvalue weighted by Crippen LogP contribution is 2.44. The molecule has 4 rings (SSSR count). The van der Waals surface area contributed by atoms with Gasteiger partial charge >= 0.3 is 12.1 Å². The van der Waals surface area contributed by atoms with Gasteiger partial charge in [-0.25, -0.2) is 9.59 Å². The Labute approximate surface area is 169 Å².